The zero-order chi connectivity index (χ0) is 20.3. The number of nitrogens with one attached hydrogen (secondary N) is 2. The molecular formula is C20H22N4O3S. The van der Waals surface area contributed by atoms with Gasteiger partial charge in [0.15, 0.2) is 0 Å². The quantitative estimate of drug-likeness (QED) is 0.667. The van der Waals surface area contributed by atoms with Gasteiger partial charge < -0.3 is 5.32 Å². The summed E-state index contributed by atoms with van der Waals surface area (Å²) in [5.41, 5.74) is 3.38. The number of nitrogens with zero attached hydrogens (tertiary/aromatic N) is 2. The highest BCUT2D eigenvalue weighted by Gasteiger charge is 2.17. The fourth-order valence-electron chi connectivity index (χ4n) is 2.84. The molecule has 0 aliphatic carbocycles. The molecule has 0 spiro atoms. The average Bonchev–Trinajstić information content (AvgIpc) is 3.08. The van der Waals surface area contributed by atoms with Gasteiger partial charge in [-0.25, -0.2) is 17.8 Å². The average molecular weight is 398 g/mol. The van der Waals surface area contributed by atoms with Crippen LogP contribution in [0, 0.1) is 13.8 Å². The first-order valence-corrected chi connectivity index (χ1v) is 10.3. The van der Waals surface area contributed by atoms with E-state index in [0.29, 0.717) is 16.8 Å². The van der Waals surface area contributed by atoms with Gasteiger partial charge in [-0.05, 0) is 55.8 Å². The summed E-state index contributed by atoms with van der Waals surface area (Å²) in [4.78, 5) is 12.8. The van der Waals surface area contributed by atoms with E-state index in [2.05, 4.69) is 15.1 Å². The number of rotatable bonds is 6. The zero-order valence-corrected chi connectivity index (χ0v) is 16.7. The first-order valence-electron chi connectivity index (χ1n) is 8.84. The molecule has 2 N–H and O–H groups in total. The molecule has 8 heteroatoms. The van der Waals surface area contributed by atoms with Crippen LogP contribution >= 0.6 is 0 Å². The van der Waals surface area contributed by atoms with Crippen molar-refractivity contribution in [3.8, 4) is 5.69 Å². The van der Waals surface area contributed by atoms with Crippen LogP contribution in [-0.4, -0.2) is 30.7 Å². The minimum atomic E-state index is -3.64. The lowest BCUT2D eigenvalue weighted by Gasteiger charge is -2.12. The Bertz CT molecular complexity index is 1120. The summed E-state index contributed by atoms with van der Waals surface area (Å²) < 4.78 is 28.7. The van der Waals surface area contributed by atoms with Gasteiger partial charge in [-0.3, -0.25) is 4.79 Å². The van der Waals surface area contributed by atoms with Gasteiger partial charge in [0.05, 0.1) is 10.6 Å². The van der Waals surface area contributed by atoms with E-state index in [1.807, 2.05) is 31.2 Å². The number of carbonyl (C=O) groups is 1. The summed E-state index contributed by atoms with van der Waals surface area (Å²) in [6.45, 7) is 5.69. The number of amides is 1. The molecule has 1 aromatic heterocycles. The largest absolute Gasteiger partial charge is 0.322 e. The fraction of sp³-hybridized carbons (Fsp3) is 0.200. The van der Waals surface area contributed by atoms with Gasteiger partial charge >= 0.3 is 0 Å². The molecule has 2 aromatic carbocycles. The third kappa shape index (κ3) is 4.13. The van der Waals surface area contributed by atoms with Crippen molar-refractivity contribution in [2.45, 2.75) is 25.7 Å². The van der Waals surface area contributed by atoms with Crippen molar-refractivity contribution in [1.82, 2.24) is 14.5 Å². The number of carbonyl (C=O) groups excluding carboxylic acids is 1. The second-order valence-corrected chi connectivity index (χ2v) is 8.13. The lowest BCUT2D eigenvalue weighted by molar-refractivity contribution is 0.102. The van der Waals surface area contributed by atoms with Crippen molar-refractivity contribution in [2.24, 2.45) is 0 Å². The number of aryl methyl sites for hydroxylation is 2. The van der Waals surface area contributed by atoms with E-state index in [1.165, 1.54) is 12.1 Å². The molecule has 0 atom stereocenters. The number of hydrogen-bond donors (Lipinski definition) is 2. The summed E-state index contributed by atoms with van der Waals surface area (Å²) in [7, 11) is -3.64. The normalized spacial score (nSPS) is 11.4. The molecule has 1 heterocycles. The van der Waals surface area contributed by atoms with Crippen molar-refractivity contribution in [1.29, 1.82) is 0 Å². The van der Waals surface area contributed by atoms with Crippen LogP contribution in [0.5, 0.6) is 0 Å². The SMILES string of the molecule is CCNS(=O)(=O)c1ccc(C)c(C(=O)Nc2cccc(-n3nccc3C)c2)c1. The topological polar surface area (TPSA) is 93.1 Å². The Kier molecular flexibility index (Phi) is 5.62. The molecule has 7 nitrogen and oxygen atoms in total. The van der Waals surface area contributed by atoms with Crippen LogP contribution in [0.3, 0.4) is 0 Å². The van der Waals surface area contributed by atoms with Gasteiger partial charge in [-0.2, -0.15) is 5.10 Å². The fourth-order valence-corrected chi connectivity index (χ4v) is 3.91. The Balaban J connectivity index is 1.89. The Hall–Kier alpha value is -2.97. The van der Waals surface area contributed by atoms with E-state index in [9.17, 15) is 13.2 Å². The van der Waals surface area contributed by atoms with E-state index in [1.54, 1.807) is 36.9 Å². The second kappa shape index (κ2) is 7.95. The second-order valence-electron chi connectivity index (χ2n) is 6.37. The summed E-state index contributed by atoms with van der Waals surface area (Å²) in [6.07, 6.45) is 1.71. The van der Waals surface area contributed by atoms with Crippen LogP contribution in [-0.2, 0) is 10.0 Å². The molecule has 1 amide bonds. The van der Waals surface area contributed by atoms with Crippen LogP contribution in [0.1, 0.15) is 28.5 Å². The number of benzene rings is 2. The van der Waals surface area contributed by atoms with E-state index in [0.717, 1.165) is 11.4 Å². The van der Waals surface area contributed by atoms with Gasteiger partial charge in [-0.15, -0.1) is 0 Å². The Morgan fingerprint density at radius 1 is 1.11 bits per heavy atom. The van der Waals surface area contributed by atoms with Crippen molar-refractivity contribution in [3.63, 3.8) is 0 Å². The van der Waals surface area contributed by atoms with Crippen molar-refractivity contribution < 1.29 is 13.2 Å². The highest BCUT2D eigenvalue weighted by Crippen LogP contribution is 2.20. The molecule has 0 fully saturated rings. The predicted molar refractivity (Wildman–Crippen MR) is 108 cm³/mol. The van der Waals surface area contributed by atoms with E-state index >= 15 is 0 Å². The number of sulfonamides is 1. The predicted octanol–water partition coefficient (Wildman–Crippen LogP) is 3.04. The van der Waals surface area contributed by atoms with Crippen LogP contribution in [0.4, 0.5) is 5.69 Å². The molecule has 0 saturated carbocycles. The van der Waals surface area contributed by atoms with Gasteiger partial charge in [0.2, 0.25) is 10.0 Å². The van der Waals surface area contributed by atoms with E-state index < -0.39 is 10.0 Å². The molecule has 0 aliphatic heterocycles. The van der Waals surface area contributed by atoms with Crippen LogP contribution in [0.2, 0.25) is 0 Å². The molecule has 3 rings (SSSR count). The van der Waals surface area contributed by atoms with Crippen molar-refractivity contribution in [2.75, 3.05) is 11.9 Å². The number of aromatic nitrogens is 2. The van der Waals surface area contributed by atoms with Gasteiger partial charge in [0.1, 0.15) is 0 Å². The molecule has 0 unspecified atom stereocenters. The minimum absolute atomic E-state index is 0.0611. The first kappa shape index (κ1) is 19.8. The molecule has 0 aliphatic rings. The monoisotopic (exact) mass is 398 g/mol. The minimum Gasteiger partial charge on any atom is -0.322 e. The maximum atomic E-state index is 12.8. The molecule has 3 aromatic rings. The maximum Gasteiger partial charge on any atom is 0.255 e. The summed E-state index contributed by atoms with van der Waals surface area (Å²) in [5, 5.41) is 7.10. The third-order valence-electron chi connectivity index (χ3n) is 4.28. The Morgan fingerprint density at radius 3 is 2.57 bits per heavy atom. The number of anilines is 1. The van der Waals surface area contributed by atoms with E-state index in [4.69, 9.17) is 0 Å². The lowest BCUT2D eigenvalue weighted by atomic mass is 10.1. The zero-order valence-electron chi connectivity index (χ0n) is 15.9. The standard InChI is InChI=1S/C20H22N4O3S/c1-4-22-28(26,27)18-9-8-14(2)19(13-18)20(25)23-16-6-5-7-17(12-16)24-15(3)10-11-21-24/h5-13,22H,4H2,1-3H3,(H,23,25). The summed E-state index contributed by atoms with van der Waals surface area (Å²) >= 11 is 0. The molecule has 28 heavy (non-hydrogen) atoms. The Labute approximate surface area is 164 Å². The van der Waals surface area contributed by atoms with Gasteiger partial charge in [-0.1, -0.05) is 19.1 Å². The summed E-state index contributed by atoms with van der Waals surface area (Å²) in [5.74, 6) is -0.375. The van der Waals surface area contributed by atoms with Crippen molar-refractivity contribution >= 4 is 21.6 Å². The van der Waals surface area contributed by atoms with Crippen LogP contribution < -0.4 is 10.0 Å². The lowest BCUT2D eigenvalue weighted by Crippen LogP contribution is -2.24. The van der Waals surface area contributed by atoms with Gasteiger partial charge in [0, 0.05) is 29.7 Å². The summed E-state index contributed by atoms with van der Waals surface area (Å²) in [6, 6.07) is 13.7. The van der Waals surface area contributed by atoms with Crippen LogP contribution in [0.25, 0.3) is 5.69 Å². The highest BCUT2D eigenvalue weighted by atomic mass is 32.2. The molecular weight excluding hydrogens is 376 g/mol. The Morgan fingerprint density at radius 2 is 1.89 bits per heavy atom. The molecule has 0 radical (unpaired) electrons. The van der Waals surface area contributed by atoms with Crippen LogP contribution in [0.15, 0.2) is 59.6 Å². The molecule has 146 valence electrons. The first-order chi connectivity index (χ1) is 13.3. The maximum absolute atomic E-state index is 12.8. The third-order valence-corrected chi connectivity index (χ3v) is 5.82. The van der Waals surface area contributed by atoms with Gasteiger partial charge in [0.25, 0.3) is 5.91 Å². The highest BCUT2D eigenvalue weighted by molar-refractivity contribution is 7.89. The number of hydrogen-bond acceptors (Lipinski definition) is 4. The smallest absolute Gasteiger partial charge is 0.255 e. The van der Waals surface area contributed by atoms with Crippen molar-refractivity contribution in [3.05, 3.63) is 71.5 Å². The van der Waals surface area contributed by atoms with E-state index in [-0.39, 0.29) is 17.3 Å². The molecule has 0 bridgehead atoms. The molecule has 0 saturated heterocycles.